The largest absolute Gasteiger partial charge is 0.308 e. The fraction of sp³-hybridized carbons (Fsp3) is 0.444. The molecule has 0 heterocycles. The molecule has 0 aliphatic heterocycles. The lowest BCUT2D eigenvalue weighted by molar-refractivity contribution is 0.526. The first-order valence-corrected chi connectivity index (χ1v) is 3.36. The molecule has 0 aromatic heterocycles. The van der Waals surface area contributed by atoms with Crippen LogP contribution in [0.5, 0.6) is 0 Å². The molecule has 0 fully saturated rings. The van der Waals surface area contributed by atoms with Crippen molar-refractivity contribution in [3.63, 3.8) is 0 Å². The Kier molecular flexibility index (Phi) is 3.07. The molecule has 1 nitrogen and oxygen atoms in total. The topological polar surface area (TPSA) is 23.9 Å². The molecule has 0 unspecified atom stereocenters. The Morgan fingerprint density at radius 2 is 1.90 bits per heavy atom. The molecule has 1 N–H and O–H groups in total. The minimum Gasteiger partial charge on any atom is -0.308 e. The molecule has 0 saturated heterocycles. The van der Waals surface area contributed by atoms with E-state index in [2.05, 4.69) is 27.4 Å². The molecule has 10 heavy (non-hydrogen) atoms. The maximum Gasteiger partial charge on any atom is 0.0215 e. The standard InChI is InChI=1S/C9H15N/c1-5-6-8(7-10)9(2,3)4/h5-7,10H,1H2,2-4H3/b8-6-,10-7?. The number of hydrogen-bond acceptors (Lipinski definition) is 1. The van der Waals surface area contributed by atoms with Crippen molar-refractivity contribution >= 4 is 6.21 Å². The third kappa shape index (κ3) is 2.62. The summed E-state index contributed by atoms with van der Waals surface area (Å²) >= 11 is 0. The van der Waals surface area contributed by atoms with Crippen molar-refractivity contribution in [2.75, 3.05) is 0 Å². The van der Waals surface area contributed by atoms with Gasteiger partial charge in [0.05, 0.1) is 0 Å². The van der Waals surface area contributed by atoms with Gasteiger partial charge in [0.2, 0.25) is 0 Å². The van der Waals surface area contributed by atoms with E-state index in [-0.39, 0.29) is 5.41 Å². The molecule has 0 aromatic rings. The van der Waals surface area contributed by atoms with E-state index >= 15 is 0 Å². The average Bonchev–Trinajstić information content (AvgIpc) is 1.80. The van der Waals surface area contributed by atoms with Gasteiger partial charge in [-0.2, -0.15) is 0 Å². The molecule has 0 bridgehead atoms. The molecule has 0 rings (SSSR count). The van der Waals surface area contributed by atoms with Gasteiger partial charge in [0.25, 0.3) is 0 Å². The molecule has 0 spiro atoms. The van der Waals surface area contributed by atoms with E-state index in [9.17, 15) is 0 Å². The van der Waals surface area contributed by atoms with E-state index in [0.717, 1.165) is 5.57 Å². The minimum absolute atomic E-state index is 0.0654. The molecule has 0 aromatic carbocycles. The van der Waals surface area contributed by atoms with Crippen molar-refractivity contribution in [3.05, 3.63) is 24.3 Å². The Morgan fingerprint density at radius 1 is 1.40 bits per heavy atom. The lowest BCUT2D eigenvalue weighted by atomic mass is 9.87. The Bertz CT molecular complexity index is 158. The van der Waals surface area contributed by atoms with Crippen LogP contribution in [0.15, 0.2) is 24.3 Å². The van der Waals surface area contributed by atoms with Crippen molar-refractivity contribution in [2.24, 2.45) is 5.41 Å². The van der Waals surface area contributed by atoms with Gasteiger partial charge in [-0.1, -0.05) is 39.5 Å². The van der Waals surface area contributed by atoms with Crippen LogP contribution in [0.25, 0.3) is 0 Å². The van der Waals surface area contributed by atoms with Crippen LogP contribution < -0.4 is 0 Å². The van der Waals surface area contributed by atoms with E-state index < -0.39 is 0 Å². The molecular weight excluding hydrogens is 122 g/mol. The van der Waals surface area contributed by atoms with Gasteiger partial charge >= 0.3 is 0 Å². The van der Waals surface area contributed by atoms with Crippen LogP contribution in [0.3, 0.4) is 0 Å². The lowest BCUT2D eigenvalue weighted by Gasteiger charge is -2.18. The van der Waals surface area contributed by atoms with Crippen molar-refractivity contribution in [1.82, 2.24) is 0 Å². The molecule has 0 radical (unpaired) electrons. The van der Waals surface area contributed by atoms with E-state index in [1.807, 2.05) is 6.08 Å². The molecule has 0 aliphatic carbocycles. The lowest BCUT2D eigenvalue weighted by Crippen LogP contribution is -2.09. The monoisotopic (exact) mass is 137 g/mol. The second-order valence-corrected chi connectivity index (χ2v) is 3.25. The summed E-state index contributed by atoms with van der Waals surface area (Å²) in [6, 6.07) is 0. The summed E-state index contributed by atoms with van der Waals surface area (Å²) in [5.41, 5.74) is 1.07. The highest BCUT2D eigenvalue weighted by atomic mass is 14.4. The Labute approximate surface area is 63.0 Å². The highest BCUT2D eigenvalue weighted by Crippen LogP contribution is 2.22. The summed E-state index contributed by atoms with van der Waals surface area (Å²) in [5, 5.41) is 7.08. The Balaban J connectivity index is 4.51. The van der Waals surface area contributed by atoms with Gasteiger partial charge in [-0.05, 0) is 11.0 Å². The predicted octanol–water partition coefficient (Wildman–Crippen LogP) is 2.79. The van der Waals surface area contributed by atoms with Crippen molar-refractivity contribution < 1.29 is 0 Å². The van der Waals surface area contributed by atoms with Crippen LogP contribution in [0.4, 0.5) is 0 Å². The molecule has 0 atom stereocenters. The maximum atomic E-state index is 7.08. The van der Waals surface area contributed by atoms with Crippen LogP contribution >= 0.6 is 0 Å². The molecule has 0 saturated carbocycles. The summed E-state index contributed by atoms with van der Waals surface area (Å²) in [6.07, 6.45) is 4.96. The first-order chi connectivity index (χ1) is 4.52. The summed E-state index contributed by atoms with van der Waals surface area (Å²) in [7, 11) is 0. The minimum atomic E-state index is 0.0654. The fourth-order valence-corrected chi connectivity index (χ4v) is 0.642. The number of rotatable bonds is 2. The highest BCUT2D eigenvalue weighted by molar-refractivity contribution is 5.77. The molecule has 0 aliphatic rings. The first kappa shape index (κ1) is 9.15. The first-order valence-electron chi connectivity index (χ1n) is 3.36. The maximum absolute atomic E-state index is 7.08. The summed E-state index contributed by atoms with van der Waals surface area (Å²) in [5.74, 6) is 0. The summed E-state index contributed by atoms with van der Waals surface area (Å²) in [6.45, 7) is 9.81. The van der Waals surface area contributed by atoms with Gasteiger partial charge in [0, 0.05) is 6.21 Å². The van der Waals surface area contributed by atoms with Crippen LogP contribution in [0, 0.1) is 10.8 Å². The van der Waals surface area contributed by atoms with Gasteiger partial charge < -0.3 is 5.41 Å². The quantitative estimate of drug-likeness (QED) is 0.447. The summed E-state index contributed by atoms with van der Waals surface area (Å²) in [4.78, 5) is 0. The normalized spacial score (nSPS) is 12.9. The fourth-order valence-electron chi connectivity index (χ4n) is 0.642. The van der Waals surface area contributed by atoms with Crippen LogP contribution in [-0.4, -0.2) is 6.21 Å². The Morgan fingerprint density at radius 3 is 2.00 bits per heavy atom. The van der Waals surface area contributed by atoms with Crippen LogP contribution in [0.2, 0.25) is 0 Å². The third-order valence-electron chi connectivity index (χ3n) is 1.32. The molecule has 1 heteroatoms. The summed E-state index contributed by atoms with van der Waals surface area (Å²) < 4.78 is 0. The van der Waals surface area contributed by atoms with Crippen LogP contribution in [0.1, 0.15) is 20.8 Å². The van der Waals surface area contributed by atoms with E-state index in [1.54, 1.807) is 6.08 Å². The van der Waals surface area contributed by atoms with Gasteiger partial charge in [-0.3, -0.25) is 0 Å². The average molecular weight is 137 g/mol. The van der Waals surface area contributed by atoms with Gasteiger partial charge in [0.1, 0.15) is 0 Å². The predicted molar refractivity (Wildman–Crippen MR) is 46.5 cm³/mol. The SMILES string of the molecule is C=C/C=C(/C=N)C(C)(C)C. The third-order valence-corrected chi connectivity index (χ3v) is 1.32. The van der Waals surface area contributed by atoms with Crippen molar-refractivity contribution in [3.8, 4) is 0 Å². The van der Waals surface area contributed by atoms with Gasteiger partial charge in [-0.25, -0.2) is 0 Å². The van der Waals surface area contributed by atoms with E-state index in [1.165, 1.54) is 6.21 Å². The van der Waals surface area contributed by atoms with Gasteiger partial charge in [0.15, 0.2) is 0 Å². The second-order valence-electron chi connectivity index (χ2n) is 3.25. The smallest absolute Gasteiger partial charge is 0.0215 e. The zero-order valence-electron chi connectivity index (χ0n) is 6.94. The van der Waals surface area contributed by atoms with Gasteiger partial charge in [-0.15, -0.1) is 0 Å². The highest BCUT2D eigenvalue weighted by Gasteiger charge is 2.13. The van der Waals surface area contributed by atoms with E-state index in [0.29, 0.717) is 0 Å². The number of allylic oxidation sites excluding steroid dienone is 3. The Hall–Kier alpha value is -0.850. The molecular formula is C9H15N. The van der Waals surface area contributed by atoms with Crippen molar-refractivity contribution in [2.45, 2.75) is 20.8 Å². The number of hydrogen-bond donors (Lipinski definition) is 1. The van der Waals surface area contributed by atoms with Crippen LogP contribution in [-0.2, 0) is 0 Å². The number of nitrogens with one attached hydrogen (secondary N) is 1. The zero-order valence-corrected chi connectivity index (χ0v) is 6.94. The zero-order chi connectivity index (χ0) is 8.20. The second kappa shape index (κ2) is 3.35. The van der Waals surface area contributed by atoms with E-state index in [4.69, 9.17) is 5.41 Å². The molecule has 56 valence electrons. The van der Waals surface area contributed by atoms with Crippen molar-refractivity contribution in [1.29, 1.82) is 5.41 Å². The molecule has 0 amide bonds.